The number of aromatic nitrogens is 2. The lowest BCUT2D eigenvalue weighted by Crippen LogP contribution is -2.34. The van der Waals surface area contributed by atoms with Crippen molar-refractivity contribution >= 4 is 43.8 Å². The molecule has 0 bridgehead atoms. The lowest BCUT2D eigenvalue weighted by molar-refractivity contribution is 0.593. The standard InChI is InChI=1S/C13H16N4O2S3/c1-8(2)11-15-16-13(21-11)14-12(20)17-22(18,19)10-6-4-9(3)5-7-10/h4-8H,1-3H3,(H2,14,16,17,20). The van der Waals surface area contributed by atoms with Crippen molar-refractivity contribution in [1.29, 1.82) is 0 Å². The van der Waals surface area contributed by atoms with Gasteiger partial charge in [-0.05, 0) is 31.3 Å². The van der Waals surface area contributed by atoms with E-state index in [2.05, 4.69) is 20.2 Å². The van der Waals surface area contributed by atoms with Gasteiger partial charge in [0, 0.05) is 5.92 Å². The Labute approximate surface area is 139 Å². The number of hydrogen-bond donors (Lipinski definition) is 2. The minimum Gasteiger partial charge on any atom is -0.306 e. The van der Waals surface area contributed by atoms with E-state index in [4.69, 9.17) is 12.2 Å². The fourth-order valence-corrected chi connectivity index (χ4v) is 3.69. The number of sulfonamides is 1. The Kier molecular flexibility index (Phi) is 5.09. The van der Waals surface area contributed by atoms with Crippen LogP contribution in [0.5, 0.6) is 0 Å². The highest BCUT2D eigenvalue weighted by atomic mass is 32.2. The zero-order valence-corrected chi connectivity index (χ0v) is 14.8. The predicted molar refractivity (Wildman–Crippen MR) is 91.7 cm³/mol. The van der Waals surface area contributed by atoms with Crippen molar-refractivity contribution in [3.63, 3.8) is 0 Å². The SMILES string of the molecule is Cc1ccc(S(=O)(=O)NC(=S)Nc2nnc(C(C)C)s2)cc1. The van der Waals surface area contributed by atoms with Crippen molar-refractivity contribution in [3.05, 3.63) is 34.8 Å². The van der Waals surface area contributed by atoms with Gasteiger partial charge in [-0.25, -0.2) is 8.42 Å². The maximum absolute atomic E-state index is 12.2. The van der Waals surface area contributed by atoms with E-state index in [-0.39, 0.29) is 15.9 Å². The van der Waals surface area contributed by atoms with E-state index >= 15 is 0 Å². The molecule has 1 aromatic heterocycles. The van der Waals surface area contributed by atoms with Crippen LogP contribution in [0.25, 0.3) is 0 Å². The molecule has 0 saturated carbocycles. The van der Waals surface area contributed by atoms with Crippen molar-refractivity contribution in [2.75, 3.05) is 5.32 Å². The molecule has 0 aliphatic rings. The fraction of sp³-hybridized carbons (Fsp3) is 0.308. The molecule has 1 aromatic carbocycles. The number of thiocarbonyl (C=S) groups is 1. The third-order valence-corrected chi connectivity index (χ3v) is 5.55. The van der Waals surface area contributed by atoms with Gasteiger partial charge in [0.2, 0.25) is 5.13 Å². The van der Waals surface area contributed by atoms with Crippen LogP contribution in [0.3, 0.4) is 0 Å². The van der Waals surface area contributed by atoms with E-state index in [1.165, 1.54) is 23.5 Å². The molecule has 0 fully saturated rings. The van der Waals surface area contributed by atoms with Crippen LogP contribution in [0.15, 0.2) is 29.2 Å². The largest absolute Gasteiger partial charge is 0.306 e. The molecular weight excluding hydrogens is 340 g/mol. The van der Waals surface area contributed by atoms with E-state index < -0.39 is 10.0 Å². The molecule has 0 spiro atoms. The lowest BCUT2D eigenvalue weighted by Gasteiger charge is -2.09. The summed E-state index contributed by atoms with van der Waals surface area (Å²) in [5.41, 5.74) is 0.981. The molecule has 0 aliphatic heterocycles. The summed E-state index contributed by atoms with van der Waals surface area (Å²) in [4.78, 5) is 0.155. The average molecular weight is 356 g/mol. The smallest absolute Gasteiger partial charge is 0.263 e. The molecular formula is C13H16N4O2S3. The number of nitrogens with zero attached hydrogens (tertiary/aromatic N) is 2. The van der Waals surface area contributed by atoms with Crippen LogP contribution in [0, 0.1) is 6.92 Å². The van der Waals surface area contributed by atoms with Crippen LogP contribution in [-0.2, 0) is 10.0 Å². The zero-order chi connectivity index (χ0) is 16.3. The van der Waals surface area contributed by atoms with Gasteiger partial charge in [-0.3, -0.25) is 4.72 Å². The third kappa shape index (κ3) is 4.21. The summed E-state index contributed by atoms with van der Waals surface area (Å²) in [7, 11) is -3.70. The van der Waals surface area contributed by atoms with Crippen LogP contribution in [0.2, 0.25) is 0 Å². The van der Waals surface area contributed by atoms with Crippen LogP contribution in [-0.4, -0.2) is 23.7 Å². The van der Waals surface area contributed by atoms with Gasteiger partial charge in [-0.1, -0.05) is 42.9 Å². The van der Waals surface area contributed by atoms with Crippen LogP contribution in [0.4, 0.5) is 5.13 Å². The van der Waals surface area contributed by atoms with Gasteiger partial charge in [0.25, 0.3) is 10.0 Å². The van der Waals surface area contributed by atoms with Crippen molar-refractivity contribution in [1.82, 2.24) is 14.9 Å². The van der Waals surface area contributed by atoms with Gasteiger partial charge >= 0.3 is 0 Å². The summed E-state index contributed by atoms with van der Waals surface area (Å²) in [5, 5.41) is 11.9. The Balaban J connectivity index is 2.05. The molecule has 2 aromatic rings. The van der Waals surface area contributed by atoms with E-state index in [1.54, 1.807) is 12.1 Å². The average Bonchev–Trinajstić information content (AvgIpc) is 2.87. The molecule has 6 nitrogen and oxygen atoms in total. The Hall–Kier alpha value is -1.58. The highest BCUT2D eigenvalue weighted by molar-refractivity contribution is 7.92. The van der Waals surface area contributed by atoms with Gasteiger partial charge in [0.1, 0.15) is 5.01 Å². The van der Waals surface area contributed by atoms with E-state index in [1.807, 2.05) is 20.8 Å². The minimum absolute atomic E-state index is 0.0352. The number of nitrogens with one attached hydrogen (secondary N) is 2. The normalized spacial score (nSPS) is 11.5. The van der Waals surface area contributed by atoms with E-state index in [0.717, 1.165) is 10.6 Å². The maximum atomic E-state index is 12.2. The summed E-state index contributed by atoms with van der Waals surface area (Å²) in [6.07, 6.45) is 0. The maximum Gasteiger partial charge on any atom is 0.263 e. The molecule has 22 heavy (non-hydrogen) atoms. The molecule has 0 aliphatic carbocycles. The number of aryl methyl sites for hydroxylation is 1. The van der Waals surface area contributed by atoms with Gasteiger partial charge in [-0.15, -0.1) is 10.2 Å². The highest BCUT2D eigenvalue weighted by Crippen LogP contribution is 2.22. The first-order chi connectivity index (χ1) is 10.3. The summed E-state index contributed by atoms with van der Waals surface area (Å²) < 4.78 is 26.7. The summed E-state index contributed by atoms with van der Waals surface area (Å²) in [5.74, 6) is 0.255. The van der Waals surface area contributed by atoms with Gasteiger partial charge in [-0.2, -0.15) is 0 Å². The van der Waals surface area contributed by atoms with Crippen molar-refractivity contribution in [2.24, 2.45) is 0 Å². The third-order valence-electron chi connectivity index (χ3n) is 2.71. The quantitative estimate of drug-likeness (QED) is 0.820. The van der Waals surface area contributed by atoms with Gasteiger partial charge in [0.05, 0.1) is 4.90 Å². The van der Waals surface area contributed by atoms with Crippen LogP contribution in [0.1, 0.15) is 30.3 Å². The van der Waals surface area contributed by atoms with Gasteiger partial charge in [0.15, 0.2) is 5.11 Å². The molecule has 2 N–H and O–H groups in total. The van der Waals surface area contributed by atoms with Crippen LogP contribution < -0.4 is 10.0 Å². The second kappa shape index (κ2) is 6.67. The number of anilines is 1. The Morgan fingerprint density at radius 2 is 1.86 bits per heavy atom. The minimum atomic E-state index is -3.70. The van der Waals surface area contributed by atoms with Crippen molar-refractivity contribution in [3.8, 4) is 0 Å². The summed E-state index contributed by atoms with van der Waals surface area (Å²) >= 11 is 6.36. The zero-order valence-electron chi connectivity index (χ0n) is 12.3. The molecule has 0 atom stereocenters. The predicted octanol–water partition coefficient (Wildman–Crippen LogP) is 2.65. The molecule has 0 unspecified atom stereocenters. The first kappa shape index (κ1) is 16.8. The molecule has 0 radical (unpaired) electrons. The lowest BCUT2D eigenvalue weighted by atomic mass is 10.2. The highest BCUT2D eigenvalue weighted by Gasteiger charge is 2.16. The number of benzene rings is 1. The molecule has 9 heteroatoms. The Morgan fingerprint density at radius 3 is 2.41 bits per heavy atom. The Bertz CT molecular complexity index is 767. The second-order valence-electron chi connectivity index (χ2n) is 4.97. The summed E-state index contributed by atoms with van der Waals surface area (Å²) in [6.45, 7) is 5.89. The molecule has 0 saturated heterocycles. The van der Waals surface area contributed by atoms with Gasteiger partial charge < -0.3 is 5.32 Å². The first-order valence-electron chi connectivity index (χ1n) is 6.52. The topological polar surface area (TPSA) is 84.0 Å². The second-order valence-corrected chi connectivity index (χ2v) is 8.07. The Morgan fingerprint density at radius 1 is 1.23 bits per heavy atom. The number of hydrogen-bond acceptors (Lipinski definition) is 6. The molecule has 118 valence electrons. The monoisotopic (exact) mass is 356 g/mol. The molecule has 2 rings (SSSR count). The molecule has 0 amide bonds. The van der Waals surface area contributed by atoms with Crippen molar-refractivity contribution in [2.45, 2.75) is 31.6 Å². The van der Waals surface area contributed by atoms with E-state index in [0.29, 0.717) is 5.13 Å². The molecule has 1 heterocycles. The van der Waals surface area contributed by atoms with Crippen molar-refractivity contribution < 1.29 is 8.42 Å². The number of rotatable bonds is 4. The first-order valence-corrected chi connectivity index (χ1v) is 9.22. The fourth-order valence-electron chi connectivity index (χ4n) is 1.54. The summed E-state index contributed by atoms with van der Waals surface area (Å²) in [6, 6.07) is 6.51. The van der Waals surface area contributed by atoms with Crippen LogP contribution >= 0.6 is 23.6 Å². The van der Waals surface area contributed by atoms with E-state index in [9.17, 15) is 8.42 Å².